The number of hydrogen-bond donors (Lipinski definition) is 1. The van der Waals surface area contributed by atoms with Gasteiger partial charge in [-0.15, -0.1) is 0 Å². The van der Waals surface area contributed by atoms with Crippen LogP contribution in [-0.2, 0) is 19.4 Å². The minimum atomic E-state index is 0.212. The van der Waals surface area contributed by atoms with E-state index in [4.69, 9.17) is 11.6 Å². The molecule has 0 saturated heterocycles. The minimum Gasteiger partial charge on any atom is -0.313 e. The van der Waals surface area contributed by atoms with Crippen LogP contribution in [0.15, 0.2) is 0 Å². The molecule has 1 aliphatic carbocycles. The number of nitrogens with one attached hydrogen (secondary N) is 1. The van der Waals surface area contributed by atoms with Crippen molar-refractivity contribution in [2.45, 2.75) is 66.0 Å². The molecule has 0 bridgehead atoms. The predicted molar refractivity (Wildman–Crippen MR) is 80.8 cm³/mol. The van der Waals surface area contributed by atoms with Crippen molar-refractivity contribution in [3.63, 3.8) is 0 Å². The lowest BCUT2D eigenvalue weighted by Crippen LogP contribution is -2.33. The highest BCUT2D eigenvalue weighted by Gasteiger charge is 2.27. The Balaban J connectivity index is 2.09. The van der Waals surface area contributed by atoms with Crippen LogP contribution in [0.4, 0.5) is 0 Å². The Morgan fingerprint density at radius 2 is 2.05 bits per heavy atom. The lowest BCUT2D eigenvalue weighted by molar-refractivity contribution is 0.327. The zero-order chi connectivity index (χ0) is 14.0. The molecule has 1 fully saturated rings. The van der Waals surface area contributed by atoms with Gasteiger partial charge < -0.3 is 5.32 Å². The van der Waals surface area contributed by atoms with E-state index >= 15 is 0 Å². The molecule has 0 unspecified atom stereocenters. The summed E-state index contributed by atoms with van der Waals surface area (Å²) >= 11 is 6.49. The van der Waals surface area contributed by atoms with E-state index in [1.165, 1.54) is 18.5 Å². The molecule has 0 spiro atoms. The maximum Gasteiger partial charge on any atom is 0.0850 e. The van der Waals surface area contributed by atoms with E-state index in [1.54, 1.807) is 0 Å². The van der Waals surface area contributed by atoms with Crippen LogP contribution >= 0.6 is 11.6 Å². The van der Waals surface area contributed by atoms with Gasteiger partial charge in [-0.3, -0.25) is 4.68 Å². The molecule has 3 nitrogen and oxygen atoms in total. The summed E-state index contributed by atoms with van der Waals surface area (Å²) in [6.45, 7) is 10.8. The molecule has 19 heavy (non-hydrogen) atoms. The summed E-state index contributed by atoms with van der Waals surface area (Å²) in [7, 11) is 0. The molecule has 1 aromatic rings. The number of aromatic nitrogens is 2. The Kier molecular flexibility index (Phi) is 4.57. The molecule has 0 aromatic carbocycles. The molecular weight excluding hydrogens is 258 g/mol. The van der Waals surface area contributed by atoms with Crippen molar-refractivity contribution in [3.05, 3.63) is 16.4 Å². The standard InChI is InChI=1S/C15H26ClN3/c1-5-12-14(16)13(19(6-2)18-12)9-15(3,4)10-17-11-7-8-11/h11,17H,5-10H2,1-4H3. The van der Waals surface area contributed by atoms with E-state index in [-0.39, 0.29) is 5.41 Å². The normalized spacial score (nSPS) is 16.1. The topological polar surface area (TPSA) is 29.9 Å². The fraction of sp³-hybridized carbons (Fsp3) is 0.800. The van der Waals surface area contributed by atoms with Gasteiger partial charge in [-0.05, 0) is 38.0 Å². The van der Waals surface area contributed by atoms with E-state index < -0.39 is 0 Å². The Labute approximate surface area is 121 Å². The van der Waals surface area contributed by atoms with Crippen molar-refractivity contribution >= 4 is 11.6 Å². The van der Waals surface area contributed by atoms with Crippen molar-refractivity contribution in [2.24, 2.45) is 5.41 Å². The molecule has 2 rings (SSSR count). The molecule has 1 saturated carbocycles. The number of nitrogens with zero attached hydrogens (tertiary/aromatic N) is 2. The molecule has 1 heterocycles. The second-order valence-electron chi connectivity index (χ2n) is 6.37. The maximum atomic E-state index is 6.49. The Morgan fingerprint density at radius 3 is 2.58 bits per heavy atom. The van der Waals surface area contributed by atoms with Gasteiger partial charge in [0, 0.05) is 19.1 Å². The van der Waals surface area contributed by atoms with Crippen LogP contribution < -0.4 is 5.32 Å². The molecule has 0 amide bonds. The summed E-state index contributed by atoms with van der Waals surface area (Å²) in [4.78, 5) is 0. The van der Waals surface area contributed by atoms with Crippen LogP contribution in [0.2, 0.25) is 5.02 Å². The SMILES string of the molecule is CCc1nn(CC)c(CC(C)(C)CNC2CC2)c1Cl. The van der Waals surface area contributed by atoms with Crippen LogP contribution in [0.1, 0.15) is 51.9 Å². The summed E-state index contributed by atoms with van der Waals surface area (Å²) in [5.74, 6) is 0. The van der Waals surface area contributed by atoms with Gasteiger partial charge >= 0.3 is 0 Å². The molecular formula is C15H26ClN3. The van der Waals surface area contributed by atoms with Crippen molar-refractivity contribution in [3.8, 4) is 0 Å². The second-order valence-corrected chi connectivity index (χ2v) is 6.75. The van der Waals surface area contributed by atoms with Crippen molar-refractivity contribution < 1.29 is 0 Å². The van der Waals surface area contributed by atoms with Gasteiger partial charge in [0.2, 0.25) is 0 Å². The monoisotopic (exact) mass is 283 g/mol. The average Bonchev–Trinajstić information content (AvgIpc) is 3.15. The second kappa shape index (κ2) is 5.84. The first kappa shape index (κ1) is 14.9. The van der Waals surface area contributed by atoms with Crippen LogP contribution in [0.25, 0.3) is 0 Å². The van der Waals surface area contributed by atoms with Gasteiger partial charge in [-0.2, -0.15) is 5.10 Å². The summed E-state index contributed by atoms with van der Waals surface area (Å²) < 4.78 is 2.07. The lowest BCUT2D eigenvalue weighted by atomic mass is 9.87. The van der Waals surface area contributed by atoms with Crippen LogP contribution in [0.3, 0.4) is 0 Å². The molecule has 1 aromatic heterocycles. The highest BCUT2D eigenvalue weighted by Crippen LogP contribution is 2.30. The van der Waals surface area contributed by atoms with Gasteiger partial charge in [-0.1, -0.05) is 32.4 Å². The number of hydrogen-bond acceptors (Lipinski definition) is 2. The van der Waals surface area contributed by atoms with Gasteiger partial charge in [-0.25, -0.2) is 0 Å². The highest BCUT2D eigenvalue weighted by molar-refractivity contribution is 6.31. The van der Waals surface area contributed by atoms with Crippen LogP contribution in [0.5, 0.6) is 0 Å². The summed E-state index contributed by atoms with van der Waals surface area (Å²) in [5, 5.41) is 9.10. The predicted octanol–water partition coefficient (Wildman–Crippen LogP) is 3.44. The Hall–Kier alpha value is -0.540. The third-order valence-corrected chi connectivity index (χ3v) is 4.22. The van der Waals surface area contributed by atoms with Crippen LogP contribution in [-0.4, -0.2) is 22.4 Å². The smallest absolute Gasteiger partial charge is 0.0850 e. The van der Waals surface area contributed by atoms with Gasteiger partial charge in [0.05, 0.1) is 16.4 Å². The zero-order valence-electron chi connectivity index (χ0n) is 12.6. The first-order valence-electron chi connectivity index (χ1n) is 7.44. The molecule has 0 radical (unpaired) electrons. The van der Waals surface area contributed by atoms with Crippen LogP contribution in [0, 0.1) is 5.41 Å². The molecule has 1 N–H and O–H groups in total. The lowest BCUT2D eigenvalue weighted by Gasteiger charge is -2.25. The fourth-order valence-electron chi connectivity index (χ4n) is 2.41. The van der Waals surface area contributed by atoms with Gasteiger partial charge in [0.25, 0.3) is 0 Å². The largest absolute Gasteiger partial charge is 0.313 e. The molecule has 0 atom stereocenters. The minimum absolute atomic E-state index is 0.212. The number of rotatable bonds is 7. The highest BCUT2D eigenvalue weighted by atomic mass is 35.5. The third kappa shape index (κ3) is 3.73. The van der Waals surface area contributed by atoms with E-state index in [1.807, 2.05) is 0 Å². The molecule has 108 valence electrons. The summed E-state index contributed by atoms with van der Waals surface area (Å²) in [6, 6.07) is 0.761. The quantitative estimate of drug-likeness (QED) is 0.831. The van der Waals surface area contributed by atoms with Crippen molar-refractivity contribution in [1.82, 2.24) is 15.1 Å². The fourth-order valence-corrected chi connectivity index (χ4v) is 2.75. The molecule has 4 heteroatoms. The molecule has 0 aliphatic heterocycles. The average molecular weight is 284 g/mol. The maximum absolute atomic E-state index is 6.49. The Bertz CT molecular complexity index is 433. The molecule has 1 aliphatic rings. The van der Waals surface area contributed by atoms with Crippen molar-refractivity contribution in [2.75, 3.05) is 6.54 Å². The van der Waals surface area contributed by atoms with E-state index in [0.29, 0.717) is 0 Å². The van der Waals surface area contributed by atoms with Gasteiger partial charge in [0.1, 0.15) is 0 Å². The van der Waals surface area contributed by atoms with Gasteiger partial charge in [0.15, 0.2) is 0 Å². The van der Waals surface area contributed by atoms with E-state index in [9.17, 15) is 0 Å². The first-order chi connectivity index (χ1) is 8.96. The van der Waals surface area contributed by atoms with E-state index in [0.717, 1.165) is 42.7 Å². The summed E-state index contributed by atoms with van der Waals surface area (Å²) in [6.07, 6.45) is 4.55. The zero-order valence-corrected chi connectivity index (χ0v) is 13.3. The first-order valence-corrected chi connectivity index (χ1v) is 7.82. The Morgan fingerprint density at radius 1 is 1.37 bits per heavy atom. The summed E-state index contributed by atoms with van der Waals surface area (Å²) in [5.41, 5.74) is 2.44. The van der Waals surface area contributed by atoms with E-state index in [2.05, 4.69) is 42.8 Å². The van der Waals surface area contributed by atoms with Crippen molar-refractivity contribution in [1.29, 1.82) is 0 Å². The number of aryl methyl sites for hydroxylation is 2. The third-order valence-electron chi connectivity index (χ3n) is 3.79. The number of halogens is 1.